The molecule has 1 aromatic carbocycles. The Morgan fingerprint density at radius 1 is 1.11 bits per heavy atom. The molecule has 0 aliphatic rings. The van der Waals surface area contributed by atoms with E-state index in [1.165, 1.54) is 31.7 Å². The summed E-state index contributed by atoms with van der Waals surface area (Å²) < 4.78 is 14.3. The molecule has 1 nitrogen and oxygen atoms in total. The standard InChI is InChI=1S/C16H25BrFN/c1-3-5-6-7-8-16(19-9-4-2)13-10-14(17)12-15(18)11-13/h10-12,16,19H,3-9H2,1-2H3. The molecule has 0 aromatic heterocycles. The predicted octanol–water partition coefficient (Wildman–Crippen LogP) is 5.60. The first-order chi connectivity index (χ1) is 9.17. The van der Waals surface area contributed by atoms with Crippen molar-refractivity contribution in [3.63, 3.8) is 0 Å². The summed E-state index contributed by atoms with van der Waals surface area (Å²) in [6, 6.07) is 5.45. The molecule has 3 heteroatoms. The van der Waals surface area contributed by atoms with Crippen LogP contribution < -0.4 is 5.32 Å². The van der Waals surface area contributed by atoms with Crippen LogP contribution in [0.25, 0.3) is 0 Å². The van der Waals surface area contributed by atoms with Gasteiger partial charge in [-0.05, 0) is 43.1 Å². The van der Waals surface area contributed by atoms with E-state index in [1.54, 1.807) is 6.07 Å². The number of nitrogens with one attached hydrogen (secondary N) is 1. The van der Waals surface area contributed by atoms with Crippen molar-refractivity contribution < 1.29 is 4.39 Å². The van der Waals surface area contributed by atoms with Crippen molar-refractivity contribution >= 4 is 15.9 Å². The third kappa shape index (κ3) is 6.53. The van der Waals surface area contributed by atoms with Gasteiger partial charge in [0.2, 0.25) is 0 Å². The molecule has 0 saturated carbocycles. The van der Waals surface area contributed by atoms with E-state index in [-0.39, 0.29) is 11.9 Å². The molecule has 1 N–H and O–H groups in total. The van der Waals surface area contributed by atoms with Crippen LogP contribution >= 0.6 is 15.9 Å². The van der Waals surface area contributed by atoms with E-state index in [4.69, 9.17) is 0 Å². The summed E-state index contributed by atoms with van der Waals surface area (Å²) in [5.41, 5.74) is 1.05. The molecule has 19 heavy (non-hydrogen) atoms. The molecule has 0 amide bonds. The van der Waals surface area contributed by atoms with E-state index >= 15 is 0 Å². The molecule has 0 radical (unpaired) electrons. The number of hydrogen-bond acceptors (Lipinski definition) is 1. The van der Waals surface area contributed by atoms with Crippen LogP contribution in [0.3, 0.4) is 0 Å². The molecule has 0 heterocycles. The van der Waals surface area contributed by atoms with Crippen LogP contribution in [0, 0.1) is 5.82 Å². The van der Waals surface area contributed by atoms with E-state index < -0.39 is 0 Å². The Kier molecular flexibility index (Phi) is 8.31. The molecule has 1 aromatic rings. The summed E-state index contributed by atoms with van der Waals surface area (Å²) in [6.45, 7) is 5.35. The minimum absolute atomic E-state index is 0.166. The van der Waals surface area contributed by atoms with Gasteiger partial charge in [0.1, 0.15) is 5.82 Å². The fourth-order valence-corrected chi connectivity index (χ4v) is 2.74. The molecule has 0 saturated heterocycles. The highest BCUT2D eigenvalue weighted by Gasteiger charge is 2.12. The average molecular weight is 330 g/mol. The topological polar surface area (TPSA) is 12.0 Å². The van der Waals surface area contributed by atoms with Crippen LogP contribution in [0.4, 0.5) is 4.39 Å². The molecule has 0 spiro atoms. The van der Waals surface area contributed by atoms with Crippen LogP contribution in [0.1, 0.15) is 64.0 Å². The summed E-state index contributed by atoms with van der Waals surface area (Å²) in [5.74, 6) is -0.166. The molecule has 1 rings (SSSR count). The molecule has 0 fully saturated rings. The van der Waals surface area contributed by atoms with Crippen molar-refractivity contribution in [3.05, 3.63) is 34.1 Å². The molecule has 1 atom stereocenters. The van der Waals surface area contributed by atoms with E-state index in [0.29, 0.717) is 0 Å². The second-order valence-electron chi connectivity index (χ2n) is 5.06. The lowest BCUT2D eigenvalue weighted by Gasteiger charge is -2.19. The van der Waals surface area contributed by atoms with Gasteiger partial charge in [-0.2, -0.15) is 0 Å². The minimum Gasteiger partial charge on any atom is -0.310 e. The Labute approximate surface area is 125 Å². The fourth-order valence-electron chi connectivity index (χ4n) is 2.26. The van der Waals surface area contributed by atoms with Crippen molar-refractivity contribution in [1.29, 1.82) is 0 Å². The van der Waals surface area contributed by atoms with Crippen LogP contribution in [0.2, 0.25) is 0 Å². The maximum atomic E-state index is 13.5. The summed E-state index contributed by atoms with van der Waals surface area (Å²) in [6.07, 6.45) is 7.17. The molecular formula is C16H25BrFN. The van der Waals surface area contributed by atoms with Crippen molar-refractivity contribution in [3.8, 4) is 0 Å². The fraction of sp³-hybridized carbons (Fsp3) is 0.625. The van der Waals surface area contributed by atoms with Crippen LogP contribution in [0.15, 0.2) is 22.7 Å². The van der Waals surface area contributed by atoms with Crippen molar-refractivity contribution in [1.82, 2.24) is 5.32 Å². The molecule has 108 valence electrons. The summed E-state index contributed by atoms with van der Waals surface area (Å²) in [7, 11) is 0. The van der Waals surface area contributed by atoms with Gasteiger partial charge in [0.25, 0.3) is 0 Å². The third-order valence-corrected chi connectivity index (χ3v) is 3.73. The van der Waals surface area contributed by atoms with Gasteiger partial charge in [0.15, 0.2) is 0 Å². The van der Waals surface area contributed by atoms with Crippen LogP contribution in [0.5, 0.6) is 0 Å². The van der Waals surface area contributed by atoms with Gasteiger partial charge in [-0.15, -0.1) is 0 Å². The molecule has 0 aliphatic heterocycles. The highest BCUT2D eigenvalue weighted by Crippen LogP contribution is 2.24. The molecule has 0 bridgehead atoms. The first kappa shape index (κ1) is 16.6. The zero-order valence-electron chi connectivity index (χ0n) is 12.0. The molecule has 0 aliphatic carbocycles. The minimum atomic E-state index is -0.166. The number of benzene rings is 1. The number of hydrogen-bond donors (Lipinski definition) is 1. The van der Waals surface area contributed by atoms with Gasteiger partial charge >= 0.3 is 0 Å². The van der Waals surface area contributed by atoms with Crippen LogP contribution in [-0.2, 0) is 0 Å². The van der Waals surface area contributed by atoms with Gasteiger partial charge < -0.3 is 5.32 Å². The SMILES string of the molecule is CCCCCCC(NCCC)c1cc(F)cc(Br)c1. The lowest BCUT2D eigenvalue weighted by Crippen LogP contribution is -2.22. The van der Waals surface area contributed by atoms with Gasteiger partial charge in [-0.1, -0.05) is 55.5 Å². The van der Waals surface area contributed by atoms with Crippen molar-refractivity contribution in [2.75, 3.05) is 6.54 Å². The Balaban J connectivity index is 2.65. The van der Waals surface area contributed by atoms with Crippen LogP contribution in [-0.4, -0.2) is 6.54 Å². The number of rotatable bonds is 9. The molecular weight excluding hydrogens is 305 g/mol. The zero-order valence-corrected chi connectivity index (χ0v) is 13.6. The summed E-state index contributed by atoms with van der Waals surface area (Å²) >= 11 is 3.37. The highest BCUT2D eigenvalue weighted by atomic mass is 79.9. The highest BCUT2D eigenvalue weighted by molar-refractivity contribution is 9.10. The number of unbranched alkanes of at least 4 members (excludes halogenated alkanes) is 3. The maximum Gasteiger partial charge on any atom is 0.124 e. The van der Waals surface area contributed by atoms with Gasteiger partial charge in [-0.25, -0.2) is 4.39 Å². The summed E-state index contributed by atoms with van der Waals surface area (Å²) in [5, 5.41) is 3.53. The Hall–Kier alpha value is -0.410. The Bertz CT molecular complexity index is 348. The quantitative estimate of drug-likeness (QED) is 0.581. The first-order valence-corrected chi connectivity index (χ1v) is 8.16. The van der Waals surface area contributed by atoms with Gasteiger partial charge in [0, 0.05) is 10.5 Å². The second-order valence-corrected chi connectivity index (χ2v) is 5.97. The normalized spacial score (nSPS) is 12.6. The predicted molar refractivity (Wildman–Crippen MR) is 83.9 cm³/mol. The number of halogens is 2. The van der Waals surface area contributed by atoms with Crippen molar-refractivity contribution in [2.24, 2.45) is 0 Å². The average Bonchev–Trinajstić information content (AvgIpc) is 2.36. The van der Waals surface area contributed by atoms with E-state index in [9.17, 15) is 4.39 Å². The van der Waals surface area contributed by atoms with E-state index in [2.05, 4.69) is 35.1 Å². The third-order valence-electron chi connectivity index (χ3n) is 3.27. The first-order valence-electron chi connectivity index (χ1n) is 7.36. The Morgan fingerprint density at radius 3 is 2.53 bits per heavy atom. The lowest BCUT2D eigenvalue weighted by atomic mass is 9.99. The van der Waals surface area contributed by atoms with E-state index in [1.807, 2.05) is 6.07 Å². The smallest absolute Gasteiger partial charge is 0.124 e. The lowest BCUT2D eigenvalue weighted by molar-refractivity contribution is 0.468. The Morgan fingerprint density at radius 2 is 1.89 bits per heavy atom. The molecule has 1 unspecified atom stereocenters. The monoisotopic (exact) mass is 329 g/mol. The maximum absolute atomic E-state index is 13.5. The van der Waals surface area contributed by atoms with Gasteiger partial charge in [-0.3, -0.25) is 0 Å². The van der Waals surface area contributed by atoms with Gasteiger partial charge in [0.05, 0.1) is 0 Å². The zero-order chi connectivity index (χ0) is 14.1. The van der Waals surface area contributed by atoms with E-state index in [0.717, 1.165) is 29.4 Å². The largest absolute Gasteiger partial charge is 0.310 e. The second kappa shape index (κ2) is 9.49. The van der Waals surface area contributed by atoms with Crippen molar-refractivity contribution in [2.45, 2.75) is 58.4 Å². The summed E-state index contributed by atoms with van der Waals surface area (Å²) in [4.78, 5) is 0.